The standard InChI is InChI=1S/C20H19N3O6S2/c1-3-29-19(28)12-6-4-11(5-7-12)8-21-13(24)9-30-20-22-16(25)14-10(2)15(18(26)27)31-17(14)23-20/h4-7H,3,8-9H2,1-2H3,(H,21,24)(H,26,27)(H,22,23,25)/p-1. The van der Waals surface area contributed by atoms with Gasteiger partial charge in [-0.2, -0.15) is 0 Å². The molecule has 0 saturated heterocycles. The van der Waals surface area contributed by atoms with Crippen molar-refractivity contribution in [3.8, 4) is 0 Å². The molecule has 11 heteroatoms. The number of fused-ring (bicyclic) bond motifs is 1. The van der Waals surface area contributed by atoms with E-state index in [-0.39, 0.29) is 38.5 Å². The maximum absolute atomic E-state index is 12.3. The number of esters is 1. The molecule has 31 heavy (non-hydrogen) atoms. The lowest BCUT2D eigenvalue weighted by atomic mass is 10.1. The van der Waals surface area contributed by atoms with Crippen LogP contribution < -0.4 is 16.0 Å². The number of nitrogens with zero attached hydrogens (tertiary/aromatic N) is 1. The number of amides is 1. The molecule has 0 atom stereocenters. The monoisotopic (exact) mass is 460 g/mol. The zero-order chi connectivity index (χ0) is 22.5. The van der Waals surface area contributed by atoms with Crippen LogP contribution in [0, 0.1) is 6.92 Å². The van der Waals surface area contributed by atoms with Gasteiger partial charge in [-0.25, -0.2) is 9.78 Å². The van der Waals surface area contributed by atoms with Crippen molar-refractivity contribution >= 4 is 51.2 Å². The lowest BCUT2D eigenvalue weighted by molar-refractivity contribution is -0.254. The summed E-state index contributed by atoms with van der Waals surface area (Å²) in [6.07, 6.45) is 0. The number of aromatic carboxylic acids is 1. The largest absolute Gasteiger partial charge is 0.544 e. The Hall–Kier alpha value is -3.18. The molecule has 9 nitrogen and oxygen atoms in total. The normalized spacial score (nSPS) is 10.8. The van der Waals surface area contributed by atoms with Gasteiger partial charge in [-0.05, 0) is 37.1 Å². The van der Waals surface area contributed by atoms with E-state index in [1.165, 1.54) is 6.92 Å². The van der Waals surface area contributed by atoms with Gasteiger partial charge in [0.15, 0.2) is 5.16 Å². The molecule has 2 heterocycles. The van der Waals surface area contributed by atoms with Crippen LogP contribution in [0.15, 0.2) is 34.2 Å². The molecule has 1 amide bonds. The van der Waals surface area contributed by atoms with Gasteiger partial charge in [-0.15, -0.1) is 11.3 Å². The van der Waals surface area contributed by atoms with E-state index in [0.29, 0.717) is 17.7 Å². The van der Waals surface area contributed by atoms with Gasteiger partial charge in [0.1, 0.15) is 4.83 Å². The van der Waals surface area contributed by atoms with E-state index in [1.807, 2.05) is 0 Å². The van der Waals surface area contributed by atoms with Crippen molar-refractivity contribution in [2.24, 2.45) is 0 Å². The maximum atomic E-state index is 12.3. The molecule has 0 saturated carbocycles. The Morgan fingerprint density at radius 2 is 1.97 bits per heavy atom. The molecule has 3 aromatic rings. The van der Waals surface area contributed by atoms with Gasteiger partial charge in [0.05, 0.1) is 34.2 Å². The fourth-order valence-corrected chi connectivity index (χ4v) is 4.51. The van der Waals surface area contributed by atoms with Gasteiger partial charge in [0, 0.05) is 6.54 Å². The number of rotatable bonds is 8. The average molecular weight is 461 g/mol. The highest BCUT2D eigenvalue weighted by molar-refractivity contribution is 7.99. The zero-order valence-corrected chi connectivity index (χ0v) is 18.3. The number of hydrogen-bond donors (Lipinski definition) is 2. The molecule has 0 spiro atoms. The predicted octanol–water partition coefficient (Wildman–Crippen LogP) is 1.24. The van der Waals surface area contributed by atoms with Crippen LogP contribution in [0.2, 0.25) is 0 Å². The minimum atomic E-state index is -1.36. The van der Waals surface area contributed by atoms with Gasteiger partial charge in [-0.3, -0.25) is 9.59 Å². The smallest absolute Gasteiger partial charge is 0.338 e. The van der Waals surface area contributed by atoms with Crippen LogP contribution >= 0.6 is 23.1 Å². The molecule has 0 aliphatic heterocycles. The van der Waals surface area contributed by atoms with Gasteiger partial charge >= 0.3 is 5.97 Å². The summed E-state index contributed by atoms with van der Waals surface area (Å²) in [5.74, 6) is -2.03. The number of carbonyl (C=O) groups is 3. The maximum Gasteiger partial charge on any atom is 0.338 e. The third-order valence-electron chi connectivity index (χ3n) is 4.26. The first-order valence-electron chi connectivity index (χ1n) is 9.20. The molecule has 162 valence electrons. The van der Waals surface area contributed by atoms with Gasteiger partial charge in [-0.1, -0.05) is 23.9 Å². The molecule has 2 N–H and O–H groups in total. The summed E-state index contributed by atoms with van der Waals surface area (Å²) in [7, 11) is 0. The van der Waals surface area contributed by atoms with Crippen molar-refractivity contribution in [1.82, 2.24) is 15.3 Å². The third kappa shape index (κ3) is 5.30. The lowest BCUT2D eigenvalue weighted by Crippen LogP contribution is -2.24. The molecule has 1 aromatic carbocycles. The molecule has 0 aliphatic rings. The van der Waals surface area contributed by atoms with E-state index in [4.69, 9.17) is 4.74 Å². The van der Waals surface area contributed by atoms with E-state index >= 15 is 0 Å². The van der Waals surface area contributed by atoms with Gasteiger partial charge in [0.25, 0.3) is 5.56 Å². The number of carboxylic acids is 1. The van der Waals surface area contributed by atoms with E-state index in [0.717, 1.165) is 28.7 Å². The summed E-state index contributed by atoms with van der Waals surface area (Å²) in [4.78, 5) is 54.3. The first-order chi connectivity index (χ1) is 14.8. The number of H-pyrrole nitrogens is 1. The summed E-state index contributed by atoms with van der Waals surface area (Å²) in [6.45, 7) is 3.83. The van der Waals surface area contributed by atoms with Crippen molar-refractivity contribution in [2.75, 3.05) is 12.4 Å². The van der Waals surface area contributed by atoms with Crippen LogP contribution in [-0.2, 0) is 16.1 Å². The van der Waals surface area contributed by atoms with Gasteiger partial charge in [0.2, 0.25) is 5.91 Å². The molecule has 0 bridgehead atoms. The number of carbonyl (C=O) groups excluding carboxylic acids is 3. The Bertz CT molecular complexity index is 1200. The van der Waals surface area contributed by atoms with Crippen LogP contribution in [0.3, 0.4) is 0 Å². The molecule has 0 fully saturated rings. The Labute approximate surface area is 184 Å². The number of aromatic amines is 1. The quantitative estimate of drug-likeness (QED) is 0.291. The Morgan fingerprint density at radius 3 is 2.61 bits per heavy atom. The Kier molecular flexibility index (Phi) is 7.08. The van der Waals surface area contributed by atoms with E-state index < -0.39 is 17.5 Å². The Balaban J connectivity index is 1.58. The van der Waals surface area contributed by atoms with Crippen LogP contribution in [0.4, 0.5) is 0 Å². The SMILES string of the molecule is CCOC(=O)c1ccc(CNC(=O)CSc2nc3sc(C(=O)[O-])c(C)c3c(=O)[nH]2)cc1. The molecule has 2 aromatic heterocycles. The first-order valence-corrected chi connectivity index (χ1v) is 11.0. The van der Waals surface area contributed by atoms with E-state index in [9.17, 15) is 24.3 Å². The molecular formula is C20H18N3O6S2-. The number of thiophene rings is 1. The average Bonchev–Trinajstić information content (AvgIpc) is 3.08. The number of thioether (sulfide) groups is 1. The lowest BCUT2D eigenvalue weighted by Gasteiger charge is -2.06. The zero-order valence-electron chi connectivity index (χ0n) is 16.6. The highest BCUT2D eigenvalue weighted by atomic mass is 32.2. The molecule has 0 radical (unpaired) electrons. The summed E-state index contributed by atoms with van der Waals surface area (Å²) in [5, 5.41) is 14.3. The van der Waals surface area contributed by atoms with Crippen molar-refractivity contribution in [3.63, 3.8) is 0 Å². The number of aryl methyl sites for hydroxylation is 1. The summed E-state index contributed by atoms with van der Waals surface area (Å²) < 4.78 is 4.92. The number of ether oxygens (including phenoxy) is 1. The first kappa shape index (κ1) is 22.5. The number of hydrogen-bond acceptors (Lipinski definition) is 9. The fraction of sp³-hybridized carbons (Fsp3) is 0.250. The van der Waals surface area contributed by atoms with E-state index in [1.54, 1.807) is 31.2 Å². The predicted molar refractivity (Wildman–Crippen MR) is 114 cm³/mol. The molecule has 3 rings (SSSR count). The molecular weight excluding hydrogens is 442 g/mol. The van der Waals surface area contributed by atoms with Crippen LogP contribution in [0.25, 0.3) is 10.2 Å². The highest BCUT2D eigenvalue weighted by Gasteiger charge is 2.15. The minimum absolute atomic E-state index is 0.00700. The van der Waals surface area contributed by atoms with Crippen molar-refractivity contribution in [2.45, 2.75) is 25.5 Å². The second-order valence-electron chi connectivity index (χ2n) is 6.38. The van der Waals surface area contributed by atoms with Crippen molar-refractivity contribution < 1.29 is 24.2 Å². The number of nitrogens with one attached hydrogen (secondary N) is 2. The van der Waals surface area contributed by atoms with Crippen molar-refractivity contribution in [3.05, 3.63) is 56.2 Å². The second kappa shape index (κ2) is 9.75. The second-order valence-corrected chi connectivity index (χ2v) is 8.34. The fourth-order valence-electron chi connectivity index (χ4n) is 2.75. The van der Waals surface area contributed by atoms with Crippen molar-refractivity contribution in [1.29, 1.82) is 0 Å². The van der Waals surface area contributed by atoms with Gasteiger partial charge < -0.3 is 24.9 Å². The van der Waals surface area contributed by atoms with Crippen LogP contribution in [0.1, 0.15) is 38.1 Å². The highest BCUT2D eigenvalue weighted by Crippen LogP contribution is 2.27. The molecule has 0 unspecified atom stereocenters. The summed E-state index contributed by atoms with van der Waals surface area (Å²) in [5.41, 5.74) is 1.10. The van der Waals surface area contributed by atoms with Crippen LogP contribution in [0.5, 0.6) is 0 Å². The van der Waals surface area contributed by atoms with Crippen LogP contribution in [-0.4, -0.2) is 40.2 Å². The number of carboxylic acid groups (broad SMARTS) is 1. The third-order valence-corrected chi connectivity index (χ3v) is 6.30. The minimum Gasteiger partial charge on any atom is -0.544 e. The summed E-state index contributed by atoms with van der Waals surface area (Å²) in [6, 6.07) is 6.70. The topological polar surface area (TPSA) is 141 Å². The number of aromatic nitrogens is 2. The molecule has 0 aliphatic carbocycles. The number of benzene rings is 1. The summed E-state index contributed by atoms with van der Waals surface area (Å²) >= 11 is 1.90. The Morgan fingerprint density at radius 1 is 1.26 bits per heavy atom. The van der Waals surface area contributed by atoms with E-state index in [2.05, 4.69) is 15.3 Å².